The third-order valence-corrected chi connectivity index (χ3v) is 12.1. The molecule has 272 valence electrons. The molecule has 1 aromatic carbocycles. The van der Waals surface area contributed by atoms with Crippen LogP contribution >= 0.6 is 0 Å². The average molecular weight is 701 g/mol. The number of nitrogens with one attached hydrogen (secondary N) is 4. The van der Waals surface area contributed by atoms with Gasteiger partial charge in [0.1, 0.15) is 23.7 Å². The number of benzene rings is 1. The second-order valence-electron chi connectivity index (χ2n) is 14.9. The number of amides is 4. The zero-order valence-electron chi connectivity index (χ0n) is 29.5. The van der Waals surface area contributed by atoms with Crippen LogP contribution in [0.15, 0.2) is 36.7 Å². The molecule has 2 bridgehead atoms. The molecule has 5 fully saturated rings. The van der Waals surface area contributed by atoms with Gasteiger partial charge in [-0.1, -0.05) is 24.3 Å². The molecule has 14 nitrogen and oxygen atoms in total. The van der Waals surface area contributed by atoms with Crippen LogP contribution in [-0.2, 0) is 25.2 Å². The third-order valence-electron chi connectivity index (χ3n) is 12.1. The van der Waals surface area contributed by atoms with Crippen LogP contribution in [0.2, 0.25) is 0 Å². The first-order valence-corrected chi connectivity index (χ1v) is 18.2. The second-order valence-corrected chi connectivity index (χ2v) is 14.9. The summed E-state index contributed by atoms with van der Waals surface area (Å²) in [5.41, 5.74) is 4.47. The fourth-order valence-electron chi connectivity index (χ4n) is 9.10. The van der Waals surface area contributed by atoms with Gasteiger partial charge in [-0.2, -0.15) is 0 Å². The number of imidazole rings is 2. The minimum absolute atomic E-state index is 0.0338. The minimum Gasteiger partial charge on any atom is -0.465 e. The van der Waals surface area contributed by atoms with Gasteiger partial charge in [0.05, 0.1) is 30.6 Å². The van der Waals surface area contributed by atoms with Gasteiger partial charge in [0.2, 0.25) is 11.8 Å². The van der Waals surface area contributed by atoms with Gasteiger partial charge in [0.15, 0.2) is 0 Å². The number of nitrogens with zero attached hydrogens (tertiary/aromatic N) is 4. The Morgan fingerprint density at radius 3 is 1.90 bits per heavy atom. The summed E-state index contributed by atoms with van der Waals surface area (Å²) in [6, 6.07) is 6.95. The summed E-state index contributed by atoms with van der Waals surface area (Å²) in [5, 5.41) is 13.9. The first-order valence-electron chi connectivity index (χ1n) is 18.2. The second kappa shape index (κ2) is 13.7. The number of rotatable bonds is 9. The molecular formula is C37H48N8O6. The largest absolute Gasteiger partial charge is 0.465 e. The van der Waals surface area contributed by atoms with Crippen molar-refractivity contribution in [1.82, 2.24) is 40.4 Å². The quantitative estimate of drug-likeness (QED) is 0.205. The number of methoxy groups -OCH3 is 1. The molecule has 5 aliphatic rings. The number of carbonyl (C=O) groups excluding carboxylic acids is 3. The lowest BCUT2D eigenvalue weighted by Gasteiger charge is -2.53. The zero-order valence-corrected chi connectivity index (χ0v) is 29.5. The van der Waals surface area contributed by atoms with E-state index in [1.165, 1.54) is 12.7 Å². The molecule has 51 heavy (non-hydrogen) atoms. The molecule has 4 amide bonds. The number of hydrogen-bond donors (Lipinski definition) is 5. The first-order chi connectivity index (χ1) is 24.5. The number of alkyl carbamates (subject to hydrolysis) is 1. The number of aromatic amines is 2. The Bertz CT molecular complexity index is 1760. The van der Waals surface area contributed by atoms with Crippen molar-refractivity contribution in [2.75, 3.05) is 20.2 Å². The molecule has 0 unspecified atom stereocenters. The highest BCUT2D eigenvalue weighted by atomic mass is 16.5. The molecule has 2 saturated heterocycles. The van der Waals surface area contributed by atoms with Crippen molar-refractivity contribution >= 4 is 24.0 Å². The highest BCUT2D eigenvalue weighted by Gasteiger charge is 2.51. The molecule has 2 aliphatic heterocycles. The predicted octanol–water partition coefficient (Wildman–Crippen LogP) is 5.07. The highest BCUT2D eigenvalue weighted by Crippen LogP contribution is 2.58. The van der Waals surface area contributed by atoms with Gasteiger partial charge < -0.3 is 40.2 Å². The van der Waals surface area contributed by atoms with E-state index < -0.39 is 24.3 Å². The number of ether oxygens (including phenoxy) is 1. The molecule has 3 aliphatic carbocycles. The van der Waals surface area contributed by atoms with Crippen molar-refractivity contribution in [1.29, 1.82) is 0 Å². The summed E-state index contributed by atoms with van der Waals surface area (Å²) >= 11 is 0. The maximum absolute atomic E-state index is 13.2. The van der Waals surface area contributed by atoms with Crippen LogP contribution in [0.1, 0.15) is 113 Å². The Labute approximate surface area is 297 Å². The van der Waals surface area contributed by atoms with E-state index in [4.69, 9.17) is 15.1 Å². The van der Waals surface area contributed by atoms with Crippen LogP contribution in [0.5, 0.6) is 0 Å². The normalized spacial score (nSPS) is 26.9. The van der Waals surface area contributed by atoms with Crippen molar-refractivity contribution < 1.29 is 29.0 Å². The number of fused-ring (bicyclic) bond motifs is 3. The van der Waals surface area contributed by atoms with E-state index in [0.717, 1.165) is 92.8 Å². The summed E-state index contributed by atoms with van der Waals surface area (Å²) in [6.07, 6.45) is 11.9. The number of aromatic nitrogens is 4. The predicted molar refractivity (Wildman–Crippen MR) is 187 cm³/mol. The van der Waals surface area contributed by atoms with E-state index in [1.54, 1.807) is 18.7 Å². The van der Waals surface area contributed by atoms with Crippen molar-refractivity contribution in [2.24, 2.45) is 0 Å². The minimum atomic E-state index is -1.21. The summed E-state index contributed by atoms with van der Waals surface area (Å²) < 4.78 is 4.67. The Morgan fingerprint density at radius 1 is 0.804 bits per heavy atom. The van der Waals surface area contributed by atoms with Crippen LogP contribution in [0, 0.1) is 0 Å². The molecule has 3 aromatic rings. The van der Waals surface area contributed by atoms with Crippen molar-refractivity contribution in [2.45, 2.75) is 113 Å². The summed E-state index contributed by atoms with van der Waals surface area (Å²) in [6.45, 7) is 4.45. The molecule has 5 N–H and O–H groups in total. The number of carbonyl (C=O) groups is 4. The van der Waals surface area contributed by atoms with Gasteiger partial charge in [-0.3, -0.25) is 9.59 Å². The fourth-order valence-corrected chi connectivity index (χ4v) is 9.10. The molecule has 2 aromatic heterocycles. The van der Waals surface area contributed by atoms with E-state index in [9.17, 15) is 19.2 Å². The average Bonchev–Trinajstić information content (AvgIpc) is 3.98. The number of likely N-dealkylation sites (tertiary alicyclic amines) is 2. The van der Waals surface area contributed by atoms with E-state index >= 15 is 0 Å². The first kappa shape index (κ1) is 34.6. The standard InChI is InChI=1S/C37H48N8O6/c1-22(40-34(48)49)32(46)44-18-4-6-27(44)30-38-20-26(42-30)24-8-10-25(11-9-24)36-12-15-37(16-13-36,17-14-36)29-21-39-31(43-29)28-7-5-19-45(28)33(47)23(2)41-35(50)51-3/h8-11,20-23,27-28,40H,4-7,12-19H2,1-3H3,(H,38,42)(H,39,43)(H,41,50)(H,48,49)/t22-,23-,27-,28-,36?,37?/m0/s1. The van der Waals surface area contributed by atoms with Crippen LogP contribution in [0.4, 0.5) is 9.59 Å². The van der Waals surface area contributed by atoms with Gasteiger partial charge in [0, 0.05) is 36.5 Å². The Kier molecular flexibility index (Phi) is 9.27. The van der Waals surface area contributed by atoms with Crippen molar-refractivity contribution in [3.8, 4) is 11.3 Å². The summed E-state index contributed by atoms with van der Waals surface area (Å²) in [7, 11) is 1.29. The molecule has 4 heterocycles. The SMILES string of the molecule is COC(=O)N[C@@H](C)C(=O)N1CCC[C@H]1c1nc(C23CCC(c4ccc(-c5c[nH]c([C@@H]6CCCN6C(=O)[C@H](C)NC(=O)O)n5)cc4)(CC2)CC3)c[nH]1. The summed E-state index contributed by atoms with van der Waals surface area (Å²) in [4.78, 5) is 69.2. The third kappa shape index (κ3) is 6.44. The van der Waals surface area contributed by atoms with E-state index in [1.807, 2.05) is 11.1 Å². The number of carboxylic acid groups (broad SMARTS) is 1. The molecular weight excluding hydrogens is 652 g/mol. The molecule has 4 atom stereocenters. The number of hydrogen-bond acceptors (Lipinski definition) is 7. The smallest absolute Gasteiger partial charge is 0.407 e. The lowest BCUT2D eigenvalue weighted by molar-refractivity contribution is -0.134. The van der Waals surface area contributed by atoms with Crippen LogP contribution in [0.25, 0.3) is 11.3 Å². The molecule has 14 heteroatoms. The number of H-pyrrole nitrogens is 2. The lowest BCUT2D eigenvalue weighted by Crippen LogP contribution is -2.47. The topological polar surface area (TPSA) is 186 Å². The van der Waals surface area contributed by atoms with Gasteiger partial charge in [-0.05, 0) is 89.0 Å². The Hall–Kier alpha value is -4.88. The lowest BCUT2D eigenvalue weighted by atomic mass is 9.51. The van der Waals surface area contributed by atoms with Gasteiger partial charge in [-0.25, -0.2) is 19.6 Å². The van der Waals surface area contributed by atoms with Crippen LogP contribution in [0.3, 0.4) is 0 Å². The maximum atomic E-state index is 13.2. The van der Waals surface area contributed by atoms with E-state index in [2.05, 4.69) is 55.8 Å². The van der Waals surface area contributed by atoms with E-state index in [0.29, 0.717) is 13.1 Å². The Balaban J connectivity index is 0.990. The van der Waals surface area contributed by atoms with Crippen molar-refractivity contribution in [3.05, 3.63) is 59.6 Å². The fraction of sp³-hybridized carbons (Fsp3) is 0.568. The van der Waals surface area contributed by atoms with Crippen LogP contribution in [-0.4, -0.2) is 91.1 Å². The van der Waals surface area contributed by atoms with Gasteiger partial charge >= 0.3 is 12.2 Å². The Morgan fingerprint density at radius 2 is 1.33 bits per heavy atom. The van der Waals surface area contributed by atoms with Gasteiger partial charge in [-0.15, -0.1) is 0 Å². The monoisotopic (exact) mass is 700 g/mol. The highest BCUT2D eigenvalue weighted by molar-refractivity contribution is 5.86. The van der Waals surface area contributed by atoms with Crippen LogP contribution < -0.4 is 10.6 Å². The molecule has 3 saturated carbocycles. The molecule has 0 spiro atoms. The molecule has 0 radical (unpaired) electrons. The zero-order chi connectivity index (χ0) is 35.9. The molecule has 8 rings (SSSR count). The van der Waals surface area contributed by atoms with E-state index in [-0.39, 0.29) is 34.7 Å². The van der Waals surface area contributed by atoms with Gasteiger partial charge in [0.25, 0.3) is 0 Å². The summed E-state index contributed by atoms with van der Waals surface area (Å²) in [5.74, 6) is 1.17. The van der Waals surface area contributed by atoms with Crippen molar-refractivity contribution in [3.63, 3.8) is 0 Å². The maximum Gasteiger partial charge on any atom is 0.407 e.